The molecule has 0 radical (unpaired) electrons. The molecule has 0 atom stereocenters. The molecule has 10 heteroatoms. The first-order chi connectivity index (χ1) is 13.4. The Morgan fingerprint density at radius 1 is 1.11 bits per heavy atom. The van der Waals surface area contributed by atoms with Crippen molar-refractivity contribution in [3.05, 3.63) is 47.5 Å². The summed E-state index contributed by atoms with van der Waals surface area (Å²) in [5, 5.41) is 13.0. The van der Waals surface area contributed by atoms with Gasteiger partial charge in [0.05, 0.1) is 19.2 Å². The minimum atomic E-state index is -0.507. The maximum Gasteiger partial charge on any atom is 0.234 e. The number of anilines is 4. The van der Waals surface area contributed by atoms with Crippen LogP contribution in [0.2, 0.25) is 5.02 Å². The molecular weight excluding hydrogens is 389 g/mol. The molecule has 0 aliphatic heterocycles. The summed E-state index contributed by atoms with van der Waals surface area (Å²) in [6, 6.07) is 7.45. The number of phenolic OH excluding ortho intramolecular Hbond substituents is 1. The van der Waals surface area contributed by atoms with Gasteiger partial charge in [-0.2, -0.15) is 4.98 Å². The summed E-state index contributed by atoms with van der Waals surface area (Å²) in [6.07, 6.45) is 1.33. The molecule has 0 bridgehead atoms. The van der Waals surface area contributed by atoms with Gasteiger partial charge in [-0.3, -0.25) is 0 Å². The van der Waals surface area contributed by atoms with Crippen LogP contribution in [0.25, 0.3) is 0 Å². The molecule has 146 valence electrons. The van der Waals surface area contributed by atoms with E-state index < -0.39 is 5.82 Å². The van der Waals surface area contributed by atoms with Crippen LogP contribution >= 0.6 is 11.6 Å². The summed E-state index contributed by atoms with van der Waals surface area (Å²) in [4.78, 5) is 14.2. The number of aromatic nitrogens is 3. The Bertz CT molecular complexity index is 980. The van der Waals surface area contributed by atoms with Gasteiger partial charge in [0.1, 0.15) is 12.1 Å². The highest BCUT2D eigenvalue weighted by atomic mass is 35.5. The Kier molecular flexibility index (Phi) is 5.65. The molecule has 0 saturated heterocycles. The molecule has 0 saturated carbocycles. The Hall–Kier alpha value is -3.33. The third-order valence-corrected chi connectivity index (χ3v) is 4.18. The van der Waals surface area contributed by atoms with Crippen LogP contribution in [-0.4, -0.2) is 41.3 Å². The first-order valence-electron chi connectivity index (χ1n) is 8.02. The molecule has 2 N–H and O–H groups in total. The maximum absolute atomic E-state index is 13.4. The van der Waals surface area contributed by atoms with Gasteiger partial charge >= 0.3 is 0 Å². The quantitative estimate of drug-likeness (QED) is 0.596. The number of nitrogens with one attached hydrogen (secondary N) is 1. The van der Waals surface area contributed by atoms with Crippen molar-refractivity contribution >= 4 is 34.9 Å². The van der Waals surface area contributed by atoms with E-state index in [1.807, 2.05) is 0 Å². The van der Waals surface area contributed by atoms with Crippen molar-refractivity contribution in [1.82, 2.24) is 15.0 Å². The summed E-state index contributed by atoms with van der Waals surface area (Å²) in [5.74, 6) is 0.410. The van der Waals surface area contributed by atoms with Crippen LogP contribution in [0.15, 0.2) is 36.7 Å². The van der Waals surface area contributed by atoms with Crippen LogP contribution in [-0.2, 0) is 0 Å². The van der Waals surface area contributed by atoms with Crippen molar-refractivity contribution in [1.29, 1.82) is 0 Å². The van der Waals surface area contributed by atoms with Gasteiger partial charge in [-0.05, 0) is 18.2 Å². The molecule has 28 heavy (non-hydrogen) atoms. The fourth-order valence-electron chi connectivity index (χ4n) is 2.41. The topological polar surface area (TPSA) is 92.6 Å². The number of rotatable bonds is 6. The minimum absolute atomic E-state index is 0.0000351. The van der Waals surface area contributed by atoms with E-state index in [1.165, 1.54) is 32.7 Å². The van der Waals surface area contributed by atoms with Gasteiger partial charge in [0, 0.05) is 30.6 Å². The Morgan fingerprint density at radius 2 is 1.79 bits per heavy atom. The van der Waals surface area contributed by atoms with Crippen molar-refractivity contribution in [2.75, 3.05) is 31.5 Å². The predicted octanol–water partition coefficient (Wildman–Crippen LogP) is 3.90. The molecular formula is C18H17ClFN5O3. The molecule has 0 aliphatic rings. The minimum Gasteiger partial charge on any atom is -0.502 e. The lowest BCUT2D eigenvalue weighted by Gasteiger charge is -2.18. The van der Waals surface area contributed by atoms with Crippen LogP contribution in [0.3, 0.4) is 0 Å². The zero-order chi connectivity index (χ0) is 20.3. The molecule has 0 aliphatic carbocycles. The monoisotopic (exact) mass is 405 g/mol. The predicted molar refractivity (Wildman–Crippen MR) is 104 cm³/mol. The van der Waals surface area contributed by atoms with Gasteiger partial charge in [0.2, 0.25) is 17.6 Å². The van der Waals surface area contributed by atoms with E-state index in [2.05, 4.69) is 20.3 Å². The number of benzene rings is 2. The van der Waals surface area contributed by atoms with Gasteiger partial charge in [0.25, 0.3) is 0 Å². The Labute approximate surface area is 165 Å². The lowest BCUT2D eigenvalue weighted by atomic mass is 10.2. The second-order valence-electron chi connectivity index (χ2n) is 5.62. The SMILES string of the molecule is COc1cc(Nc2ncnc(N(C)c3ccc(F)c(Cl)c3)n2)cc(OC)c1O. The third kappa shape index (κ3) is 3.99. The van der Waals surface area contributed by atoms with E-state index in [-0.39, 0.29) is 28.2 Å². The van der Waals surface area contributed by atoms with E-state index >= 15 is 0 Å². The molecule has 8 nitrogen and oxygen atoms in total. The zero-order valence-corrected chi connectivity index (χ0v) is 16.0. The van der Waals surface area contributed by atoms with Crippen molar-refractivity contribution in [2.45, 2.75) is 0 Å². The van der Waals surface area contributed by atoms with Gasteiger partial charge < -0.3 is 24.8 Å². The number of hydrogen-bond acceptors (Lipinski definition) is 8. The highest BCUT2D eigenvalue weighted by molar-refractivity contribution is 6.31. The Balaban J connectivity index is 1.88. The smallest absolute Gasteiger partial charge is 0.234 e. The van der Waals surface area contributed by atoms with Crippen LogP contribution in [0, 0.1) is 5.82 Å². The van der Waals surface area contributed by atoms with Crippen LogP contribution in [0.1, 0.15) is 0 Å². The van der Waals surface area contributed by atoms with E-state index in [0.717, 1.165) is 0 Å². The second-order valence-corrected chi connectivity index (χ2v) is 6.03. The molecule has 2 aromatic carbocycles. The normalized spacial score (nSPS) is 10.5. The molecule has 3 aromatic rings. The number of aromatic hydroxyl groups is 1. The summed E-state index contributed by atoms with van der Waals surface area (Å²) in [6.45, 7) is 0. The number of nitrogens with zero attached hydrogens (tertiary/aromatic N) is 4. The van der Waals surface area contributed by atoms with Crippen molar-refractivity contribution in [3.8, 4) is 17.2 Å². The van der Waals surface area contributed by atoms with Crippen LogP contribution < -0.4 is 19.7 Å². The fraction of sp³-hybridized carbons (Fsp3) is 0.167. The summed E-state index contributed by atoms with van der Waals surface area (Å²) < 4.78 is 23.6. The Morgan fingerprint density at radius 3 is 2.39 bits per heavy atom. The fourth-order valence-corrected chi connectivity index (χ4v) is 2.59. The second kappa shape index (κ2) is 8.13. The van der Waals surface area contributed by atoms with Crippen LogP contribution in [0.5, 0.6) is 17.2 Å². The van der Waals surface area contributed by atoms with Gasteiger partial charge in [-0.1, -0.05) is 11.6 Å². The summed E-state index contributed by atoms with van der Waals surface area (Å²) in [7, 11) is 4.58. The standard InChI is InChI=1S/C18H17ClFN5O3/c1-25(11-4-5-13(20)12(19)8-11)18-22-9-21-17(24-18)23-10-6-14(27-2)16(26)15(7-10)28-3/h4-9,26H,1-3H3,(H,21,22,23,24). The van der Waals surface area contributed by atoms with E-state index in [0.29, 0.717) is 17.3 Å². The lowest BCUT2D eigenvalue weighted by molar-refractivity contribution is 0.340. The van der Waals surface area contributed by atoms with Crippen molar-refractivity contribution < 1.29 is 19.0 Å². The number of ether oxygens (including phenoxy) is 2. The molecule has 0 amide bonds. The molecule has 0 fully saturated rings. The van der Waals surface area contributed by atoms with Crippen molar-refractivity contribution in [3.63, 3.8) is 0 Å². The molecule has 0 spiro atoms. The third-order valence-electron chi connectivity index (χ3n) is 3.89. The zero-order valence-electron chi connectivity index (χ0n) is 15.3. The van der Waals surface area contributed by atoms with E-state index in [4.69, 9.17) is 21.1 Å². The first kappa shape index (κ1) is 19.4. The first-order valence-corrected chi connectivity index (χ1v) is 8.40. The number of hydrogen-bond donors (Lipinski definition) is 2. The molecule has 0 unspecified atom stereocenters. The molecule has 3 rings (SSSR count). The number of halogens is 2. The van der Waals surface area contributed by atoms with Gasteiger partial charge in [0.15, 0.2) is 11.5 Å². The summed E-state index contributed by atoms with van der Waals surface area (Å²) >= 11 is 5.84. The largest absolute Gasteiger partial charge is 0.502 e. The van der Waals surface area contributed by atoms with E-state index in [9.17, 15) is 9.50 Å². The van der Waals surface area contributed by atoms with Crippen molar-refractivity contribution in [2.24, 2.45) is 0 Å². The molecule has 1 aromatic heterocycles. The maximum atomic E-state index is 13.4. The highest BCUT2D eigenvalue weighted by Crippen LogP contribution is 2.39. The van der Waals surface area contributed by atoms with E-state index in [1.54, 1.807) is 30.1 Å². The van der Waals surface area contributed by atoms with Crippen LogP contribution in [0.4, 0.5) is 27.7 Å². The number of methoxy groups -OCH3 is 2. The lowest BCUT2D eigenvalue weighted by Crippen LogP contribution is -2.14. The average Bonchev–Trinajstić information content (AvgIpc) is 2.70. The van der Waals surface area contributed by atoms with Gasteiger partial charge in [-0.25, -0.2) is 14.4 Å². The molecule has 1 heterocycles. The van der Waals surface area contributed by atoms with Gasteiger partial charge in [-0.15, -0.1) is 0 Å². The average molecular weight is 406 g/mol. The number of phenols is 1. The summed E-state index contributed by atoms with van der Waals surface area (Å²) in [5.41, 5.74) is 1.15. The highest BCUT2D eigenvalue weighted by Gasteiger charge is 2.14.